The smallest absolute Gasteiger partial charge is 0.338 e. The Kier molecular flexibility index (Phi) is 5.28. The average molecular weight is 342 g/mol. The van der Waals surface area contributed by atoms with Gasteiger partial charge in [0.1, 0.15) is 5.82 Å². The van der Waals surface area contributed by atoms with Gasteiger partial charge in [-0.15, -0.1) is 0 Å². The molecule has 0 bridgehead atoms. The summed E-state index contributed by atoms with van der Waals surface area (Å²) >= 11 is 0. The van der Waals surface area contributed by atoms with Crippen LogP contribution < -0.4 is 4.90 Å². The Bertz CT molecular complexity index is 726. The third-order valence-electron chi connectivity index (χ3n) is 4.16. The molecule has 1 saturated heterocycles. The Morgan fingerprint density at radius 1 is 0.920 bits per heavy atom. The van der Waals surface area contributed by atoms with Gasteiger partial charge >= 0.3 is 5.97 Å². The second kappa shape index (κ2) is 7.79. The lowest BCUT2D eigenvalue weighted by atomic mass is 10.2. The molecule has 25 heavy (non-hydrogen) atoms. The van der Waals surface area contributed by atoms with E-state index in [4.69, 9.17) is 4.74 Å². The third-order valence-corrected chi connectivity index (χ3v) is 4.16. The molecule has 0 N–H and O–H groups in total. The van der Waals surface area contributed by atoms with E-state index in [1.165, 1.54) is 24.3 Å². The van der Waals surface area contributed by atoms with Crippen LogP contribution in [0.5, 0.6) is 0 Å². The molecule has 0 aliphatic carbocycles. The van der Waals surface area contributed by atoms with Crippen LogP contribution in [0.15, 0.2) is 54.6 Å². The van der Waals surface area contributed by atoms with Crippen molar-refractivity contribution >= 4 is 17.6 Å². The van der Waals surface area contributed by atoms with E-state index in [1.807, 2.05) is 30.3 Å². The first-order valence-electron chi connectivity index (χ1n) is 8.14. The van der Waals surface area contributed by atoms with E-state index in [0.29, 0.717) is 13.1 Å². The monoisotopic (exact) mass is 342 g/mol. The summed E-state index contributed by atoms with van der Waals surface area (Å²) in [4.78, 5) is 28.0. The molecule has 1 fully saturated rings. The summed E-state index contributed by atoms with van der Waals surface area (Å²) in [5.74, 6) is -1.27. The van der Waals surface area contributed by atoms with Gasteiger partial charge in [0, 0.05) is 31.9 Å². The van der Waals surface area contributed by atoms with Crippen LogP contribution in [0.3, 0.4) is 0 Å². The van der Waals surface area contributed by atoms with Crippen molar-refractivity contribution in [2.45, 2.75) is 0 Å². The van der Waals surface area contributed by atoms with Crippen LogP contribution in [0.2, 0.25) is 0 Å². The van der Waals surface area contributed by atoms with Gasteiger partial charge in [-0.2, -0.15) is 0 Å². The molecule has 1 aliphatic rings. The Morgan fingerprint density at radius 3 is 2.20 bits per heavy atom. The number of para-hydroxylation sites is 1. The maximum absolute atomic E-state index is 12.8. The van der Waals surface area contributed by atoms with E-state index >= 15 is 0 Å². The Morgan fingerprint density at radius 2 is 1.56 bits per heavy atom. The van der Waals surface area contributed by atoms with Gasteiger partial charge < -0.3 is 14.5 Å². The van der Waals surface area contributed by atoms with Crippen molar-refractivity contribution in [3.8, 4) is 0 Å². The molecule has 0 saturated carbocycles. The number of nitrogens with zero attached hydrogens (tertiary/aromatic N) is 2. The lowest BCUT2D eigenvalue weighted by Gasteiger charge is -2.36. The first kappa shape index (κ1) is 17.0. The summed E-state index contributed by atoms with van der Waals surface area (Å²) in [6.45, 7) is 2.34. The zero-order valence-electron chi connectivity index (χ0n) is 13.7. The number of benzene rings is 2. The molecule has 0 aromatic heterocycles. The van der Waals surface area contributed by atoms with Crippen LogP contribution in [0.4, 0.5) is 10.1 Å². The molecule has 0 unspecified atom stereocenters. The van der Waals surface area contributed by atoms with E-state index in [0.717, 1.165) is 18.8 Å². The van der Waals surface area contributed by atoms with Crippen molar-refractivity contribution in [3.05, 3.63) is 66.0 Å². The van der Waals surface area contributed by atoms with Gasteiger partial charge in [0.05, 0.1) is 5.56 Å². The molecule has 1 aliphatic heterocycles. The van der Waals surface area contributed by atoms with Crippen LogP contribution >= 0.6 is 0 Å². The molecule has 0 spiro atoms. The van der Waals surface area contributed by atoms with Crippen molar-refractivity contribution in [1.29, 1.82) is 0 Å². The van der Waals surface area contributed by atoms with Crippen molar-refractivity contribution in [2.75, 3.05) is 37.7 Å². The quantitative estimate of drug-likeness (QED) is 0.800. The summed E-state index contributed by atoms with van der Waals surface area (Å²) in [6.07, 6.45) is 0. The first-order chi connectivity index (χ1) is 12.1. The fourth-order valence-corrected chi connectivity index (χ4v) is 2.74. The van der Waals surface area contributed by atoms with Gasteiger partial charge in [0.25, 0.3) is 5.91 Å². The highest BCUT2D eigenvalue weighted by Crippen LogP contribution is 2.15. The summed E-state index contributed by atoms with van der Waals surface area (Å²) in [5, 5.41) is 0. The molecule has 5 nitrogen and oxygen atoms in total. The number of carbonyl (C=O) groups excluding carboxylic acids is 2. The normalized spacial score (nSPS) is 14.3. The minimum Gasteiger partial charge on any atom is -0.452 e. The molecule has 2 aromatic rings. The molecule has 130 valence electrons. The lowest BCUT2D eigenvalue weighted by Crippen LogP contribution is -2.49. The molecule has 2 aromatic carbocycles. The molecule has 6 heteroatoms. The van der Waals surface area contributed by atoms with Crippen LogP contribution in [-0.4, -0.2) is 49.6 Å². The van der Waals surface area contributed by atoms with Crippen LogP contribution in [0.1, 0.15) is 10.4 Å². The summed E-state index contributed by atoms with van der Waals surface area (Å²) < 4.78 is 17.9. The number of piperazine rings is 1. The summed E-state index contributed by atoms with van der Waals surface area (Å²) in [7, 11) is 0. The van der Waals surface area contributed by atoms with Gasteiger partial charge in [-0.3, -0.25) is 4.79 Å². The Balaban J connectivity index is 1.46. The van der Waals surface area contributed by atoms with Gasteiger partial charge in [0.15, 0.2) is 6.61 Å². The minimum atomic E-state index is -0.628. The third kappa shape index (κ3) is 4.35. The molecule has 1 heterocycles. The fraction of sp³-hybridized carbons (Fsp3) is 0.263. The van der Waals surface area contributed by atoms with Gasteiger partial charge in [-0.05, 0) is 36.4 Å². The molecule has 1 amide bonds. The highest BCUT2D eigenvalue weighted by molar-refractivity contribution is 5.91. The highest BCUT2D eigenvalue weighted by Gasteiger charge is 2.22. The van der Waals surface area contributed by atoms with Gasteiger partial charge in [-0.25, -0.2) is 9.18 Å². The summed E-state index contributed by atoms with van der Waals surface area (Å²) in [5.41, 5.74) is 1.36. The number of carbonyl (C=O) groups is 2. The molecule has 0 atom stereocenters. The predicted molar refractivity (Wildman–Crippen MR) is 91.9 cm³/mol. The first-order valence-corrected chi connectivity index (χ1v) is 8.14. The topological polar surface area (TPSA) is 49.9 Å². The number of amides is 1. The maximum Gasteiger partial charge on any atom is 0.338 e. The molecule has 0 radical (unpaired) electrons. The van der Waals surface area contributed by atoms with Gasteiger partial charge in [-0.1, -0.05) is 18.2 Å². The fourth-order valence-electron chi connectivity index (χ4n) is 2.74. The minimum absolute atomic E-state index is 0.219. The second-order valence-electron chi connectivity index (χ2n) is 5.79. The van der Waals surface area contributed by atoms with Gasteiger partial charge in [0.2, 0.25) is 0 Å². The number of ether oxygens (including phenoxy) is 1. The number of hydrogen-bond donors (Lipinski definition) is 0. The standard InChI is InChI=1S/C19H19FN2O3/c20-16-8-6-15(7-9-16)19(24)25-14-18(23)22-12-10-21(11-13-22)17-4-2-1-3-5-17/h1-9H,10-14H2. The lowest BCUT2D eigenvalue weighted by molar-refractivity contribution is -0.134. The molecule has 3 rings (SSSR count). The number of rotatable bonds is 4. The van der Waals surface area contributed by atoms with Crippen LogP contribution in [0, 0.1) is 5.82 Å². The van der Waals surface area contributed by atoms with Crippen molar-refractivity contribution in [1.82, 2.24) is 4.90 Å². The SMILES string of the molecule is O=C(OCC(=O)N1CCN(c2ccccc2)CC1)c1ccc(F)cc1. The second-order valence-corrected chi connectivity index (χ2v) is 5.79. The van der Waals surface area contributed by atoms with Crippen LogP contribution in [-0.2, 0) is 9.53 Å². The van der Waals surface area contributed by atoms with E-state index < -0.39 is 11.8 Å². The number of esters is 1. The zero-order chi connectivity index (χ0) is 17.6. The van der Waals surface area contributed by atoms with E-state index in [9.17, 15) is 14.0 Å². The molecular formula is C19H19FN2O3. The number of hydrogen-bond acceptors (Lipinski definition) is 4. The average Bonchev–Trinajstić information content (AvgIpc) is 2.67. The highest BCUT2D eigenvalue weighted by atomic mass is 19.1. The Labute approximate surface area is 145 Å². The van der Waals surface area contributed by atoms with E-state index in [1.54, 1.807) is 4.90 Å². The Hall–Kier alpha value is -2.89. The van der Waals surface area contributed by atoms with E-state index in [-0.39, 0.29) is 18.1 Å². The largest absolute Gasteiger partial charge is 0.452 e. The zero-order valence-corrected chi connectivity index (χ0v) is 13.7. The number of halogens is 1. The van der Waals surface area contributed by atoms with Crippen molar-refractivity contribution in [2.24, 2.45) is 0 Å². The van der Waals surface area contributed by atoms with Crippen molar-refractivity contribution < 1.29 is 18.7 Å². The van der Waals surface area contributed by atoms with E-state index in [2.05, 4.69) is 4.90 Å². The van der Waals surface area contributed by atoms with Crippen molar-refractivity contribution in [3.63, 3.8) is 0 Å². The van der Waals surface area contributed by atoms with Crippen LogP contribution in [0.25, 0.3) is 0 Å². The maximum atomic E-state index is 12.8. The molecular weight excluding hydrogens is 323 g/mol. The summed E-state index contributed by atoms with van der Waals surface area (Å²) in [6, 6.07) is 15.1. The predicted octanol–water partition coefficient (Wildman–Crippen LogP) is 2.33. The number of anilines is 1.